The SMILES string of the molecule is Cc1ccc(-c2ccc(N(Cc3ccccc3)Cc3ccccc3)nc2)o1. The average Bonchev–Trinajstić information content (AvgIpc) is 3.16. The van der Waals surface area contributed by atoms with Crippen LogP contribution in [-0.2, 0) is 13.1 Å². The number of aromatic nitrogens is 1. The molecule has 0 radical (unpaired) electrons. The van der Waals surface area contributed by atoms with Crippen LogP contribution >= 0.6 is 0 Å². The van der Waals surface area contributed by atoms with E-state index in [2.05, 4.69) is 65.6 Å². The average molecular weight is 354 g/mol. The molecule has 0 fully saturated rings. The van der Waals surface area contributed by atoms with Gasteiger partial charge in [0.25, 0.3) is 0 Å². The molecule has 0 saturated carbocycles. The van der Waals surface area contributed by atoms with Crippen molar-refractivity contribution < 1.29 is 4.42 Å². The lowest BCUT2D eigenvalue weighted by Gasteiger charge is -2.24. The Hall–Kier alpha value is -3.33. The minimum Gasteiger partial charge on any atom is -0.461 e. The Labute approximate surface area is 159 Å². The van der Waals surface area contributed by atoms with Gasteiger partial charge in [-0.05, 0) is 42.3 Å². The maximum Gasteiger partial charge on any atom is 0.135 e. The van der Waals surface area contributed by atoms with Gasteiger partial charge in [0.2, 0.25) is 0 Å². The number of hydrogen-bond donors (Lipinski definition) is 0. The maximum absolute atomic E-state index is 5.71. The number of pyridine rings is 1. The zero-order chi connectivity index (χ0) is 18.5. The van der Waals surface area contributed by atoms with Crippen molar-refractivity contribution in [3.63, 3.8) is 0 Å². The number of benzene rings is 2. The predicted molar refractivity (Wildman–Crippen MR) is 109 cm³/mol. The molecule has 3 nitrogen and oxygen atoms in total. The van der Waals surface area contributed by atoms with E-state index in [-0.39, 0.29) is 0 Å². The summed E-state index contributed by atoms with van der Waals surface area (Å²) in [5.41, 5.74) is 3.52. The summed E-state index contributed by atoms with van der Waals surface area (Å²) in [4.78, 5) is 7.02. The predicted octanol–water partition coefficient (Wildman–Crippen LogP) is 5.86. The molecule has 0 saturated heterocycles. The van der Waals surface area contributed by atoms with Gasteiger partial charge in [-0.3, -0.25) is 0 Å². The van der Waals surface area contributed by atoms with Crippen LogP contribution in [0.15, 0.2) is 95.5 Å². The lowest BCUT2D eigenvalue weighted by Crippen LogP contribution is -2.23. The molecule has 0 unspecified atom stereocenters. The molecule has 0 bridgehead atoms. The molecule has 3 heteroatoms. The molecular weight excluding hydrogens is 332 g/mol. The van der Waals surface area contributed by atoms with E-state index in [0.29, 0.717) is 0 Å². The summed E-state index contributed by atoms with van der Waals surface area (Å²) < 4.78 is 5.71. The summed E-state index contributed by atoms with van der Waals surface area (Å²) in [5, 5.41) is 0. The summed E-state index contributed by atoms with van der Waals surface area (Å²) >= 11 is 0. The number of nitrogens with zero attached hydrogens (tertiary/aromatic N) is 2. The Morgan fingerprint density at radius 3 is 1.85 bits per heavy atom. The highest BCUT2D eigenvalue weighted by atomic mass is 16.3. The smallest absolute Gasteiger partial charge is 0.135 e. The van der Waals surface area contributed by atoms with Crippen LogP contribution in [0, 0.1) is 6.92 Å². The van der Waals surface area contributed by atoms with E-state index in [1.54, 1.807) is 0 Å². The molecule has 27 heavy (non-hydrogen) atoms. The quantitative estimate of drug-likeness (QED) is 0.434. The van der Waals surface area contributed by atoms with Crippen LogP contribution in [-0.4, -0.2) is 4.98 Å². The number of hydrogen-bond acceptors (Lipinski definition) is 3. The maximum atomic E-state index is 5.71. The summed E-state index contributed by atoms with van der Waals surface area (Å²) in [6, 6.07) is 29.1. The van der Waals surface area contributed by atoms with Gasteiger partial charge >= 0.3 is 0 Å². The van der Waals surface area contributed by atoms with Crippen LogP contribution in [0.5, 0.6) is 0 Å². The van der Waals surface area contributed by atoms with Crippen LogP contribution in [0.3, 0.4) is 0 Å². The van der Waals surface area contributed by atoms with E-state index in [1.807, 2.05) is 37.4 Å². The van der Waals surface area contributed by atoms with Gasteiger partial charge in [0.15, 0.2) is 0 Å². The van der Waals surface area contributed by atoms with Gasteiger partial charge in [0, 0.05) is 24.8 Å². The molecule has 0 amide bonds. The molecule has 0 aliphatic heterocycles. The van der Waals surface area contributed by atoms with Crippen molar-refractivity contribution in [2.75, 3.05) is 4.90 Å². The first-order valence-corrected chi connectivity index (χ1v) is 9.13. The Morgan fingerprint density at radius 1 is 0.741 bits per heavy atom. The van der Waals surface area contributed by atoms with Crippen molar-refractivity contribution in [2.45, 2.75) is 20.0 Å². The second kappa shape index (κ2) is 7.92. The fourth-order valence-corrected chi connectivity index (χ4v) is 3.13. The third kappa shape index (κ3) is 4.26. The van der Waals surface area contributed by atoms with Crippen molar-refractivity contribution in [3.8, 4) is 11.3 Å². The second-order valence-corrected chi connectivity index (χ2v) is 6.64. The minimum atomic E-state index is 0.807. The van der Waals surface area contributed by atoms with Gasteiger partial charge < -0.3 is 9.32 Å². The van der Waals surface area contributed by atoms with Crippen LogP contribution in [0.1, 0.15) is 16.9 Å². The standard InChI is InChI=1S/C24H22N2O/c1-19-12-14-23(27-19)22-13-15-24(25-16-22)26(17-20-8-4-2-5-9-20)18-21-10-6-3-7-11-21/h2-16H,17-18H2,1H3. The van der Waals surface area contributed by atoms with E-state index in [0.717, 1.165) is 36.0 Å². The molecule has 134 valence electrons. The number of anilines is 1. The van der Waals surface area contributed by atoms with Gasteiger partial charge in [0.05, 0.1) is 0 Å². The van der Waals surface area contributed by atoms with Crippen molar-refractivity contribution in [1.29, 1.82) is 0 Å². The highest BCUT2D eigenvalue weighted by Gasteiger charge is 2.11. The number of furan rings is 1. The molecule has 0 aliphatic rings. The Bertz CT molecular complexity index is 934. The summed E-state index contributed by atoms with van der Waals surface area (Å²) in [7, 11) is 0. The normalized spacial score (nSPS) is 10.7. The van der Waals surface area contributed by atoms with Crippen molar-refractivity contribution in [2.24, 2.45) is 0 Å². The number of rotatable bonds is 6. The van der Waals surface area contributed by atoms with Crippen molar-refractivity contribution in [3.05, 3.63) is 108 Å². The highest BCUT2D eigenvalue weighted by Crippen LogP contribution is 2.24. The van der Waals surface area contributed by atoms with E-state index < -0.39 is 0 Å². The van der Waals surface area contributed by atoms with E-state index >= 15 is 0 Å². The molecule has 2 aromatic heterocycles. The Balaban J connectivity index is 1.61. The van der Waals surface area contributed by atoms with Crippen LogP contribution in [0.25, 0.3) is 11.3 Å². The zero-order valence-electron chi connectivity index (χ0n) is 15.4. The largest absolute Gasteiger partial charge is 0.461 e. The summed E-state index contributed by atoms with van der Waals surface area (Å²) in [6.45, 7) is 3.57. The molecule has 0 atom stereocenters. The first-order chi connectivity index (χ1) is 13.3. The molecule has 2 heterocycles. The lowest BCUT2D eigenvalue weighted by atomic mass is 10.1. The van der Waals surface area contributed by atoms with Crippen molar-refractivity contribution >= 4 is 5.82 Å². The fourth-order valence-electron chi connectivity index (χ4n) is 3.13. The third-order valence-corrected chi connectivity index (χ3v) is 4.53. The monoisotopic (exact) mass is 354 g/mol. The van der Waals surface area contributed by atoms with Gasteiger partial charge in [-0.25, -0.2) is 4.98 Å². The van der Waals surface area contributed by atoms with Gasteiger partial charge in [-0.1, -0.05) is 60.7 Å². The zero-order valence-corrected chi connectivity index (χ0v) is 15.4. The van der Waals surface area contributed by atoms with Gasteiger partial charge in [0.1, 0.15) is 17.3 Å². The second-order valence-electron chi connectivity index (χ2n) is 6.64. The van der Waals surface area contributed by atoms with Crippen LogP contribution < -0.4 is 4.90 Å². The Morgan fingerprint density at radius 2 is 1.37 bits per heavy atom. The van der Waals surface area contributed by atoms with Gasteiger partial charge in [-0.15, -0.1) is 0 Å². The van der Waals surface area contributed by atoms with E-state index in [9.17, 15) is 0 Å². The fraction of sp³-hybridized carbons (Fsp3) is 0.125. The highest BCUT2D eigenvalue weighted by molar-refractivity contribution is 5.58. The topological polar surface area (TPSA) is 29.3 Å². The van der Waals surface area contributed by atoms with E-state index in [1.165, 1.54) is 11.1 Å². The molecule has 2 aromatic carbocycles. The van der Waals surface area contributed by atoms with E-state index in [4.69, 9.17) is 9.40 Å². The van der Waals surface area contributed by atoms with Crippen LogP contribution in [0.2, 0.25) is 0 Å². The summed E-state index contributed by atoms with van der Waals surface area (Å²) in [5.74, 6) is 2.71. The Kier molecular flexibility index (Phi) is 5.01. The molecule has 0 spiro atoms. The summed E-state index contributed by atoms with van der Waals surface area (Å²) in [6.07, 6.45) is 1.89. The van der Waals surface area contributed by atoms with Crippen LogP contribution in [0.4, 0.5) is 5.82 Å². The molecular formula is C24H22N2O. The molecule has 4 rings (SSSR count). The first kappa shape index (κ1) is 17.1. The van der Waals surface area contributed by atoms with Crippen molar-refractivity contribution in [1.82, 2.24) is 4.98 Å². The molecule has 0 N–H and O–H groups in total. The first-order valence-electron chi connectivity index (χ1n) is 9.13. The lowest BCUT2D eigenvalue weighted by molar-refractivity contribution is 0.548. The molecule has 4 aromatic rings. The molecule has 0 aliphatic carbocycles. The minimum absolute atomic E-state index is 0.807. The third-order valence-electron chi connectivity index (χ3n) is 4.53. The number of aryl methyl sites for hydroxylation is 1. The van der Waals surface area contributed by atoms with Gasteiger partial charge in [-0.2, -0.15) is 0 Å².